The lowest BCUT2D eigenvalue weighted by Crippen LogP contribution is -2.23. The average Bonchev–Trinajstić information content (AvgIpc) is 2.09. The second kappa shape index (κ2) is 5.20. The summed E-state index contributed by atoms with van der Waals surface area (Å²) in [5, 5.41) is 0. The first-order chi connectivity index (χ1) is 6.65. The molecule has 3 nitrogen and oxygen atoms in total. The van der Waals surface area contributed by atoms with E-state index in [-0.39, 0.29) is 5.56 Å². The predicted octanol–water partition coefficient (Wildman–Crippen LogP) is 1.61. The Hall–Kier alpha value is -0.770. The highest BCUT2D eigenvalue weighted by Gasteiger charge is 2.01. The van der Waals surface area contributed by atoms with Crippen LogP contribution < -0.4 is 5.56 Å². The van der Waals surface area contributed by atoms with Crippen LogP contribution in [0.5, 0.6) is 0 Å². The van der Waals surface area contributed by atoms with Gasteiger partial charge in [-0.15, -0.1) is 0 Å². The van der Waals surface area contributed by atoms with Gasteiger partial charge in [0.2, 0.25) is 0 Å². The van der Waals surface area contributed by atoms with Crippen LogP contribution in [-0.2, 0) is 6.54 Å². The molecule has 0 aliphatic heterocycles. The van der Waals surface area contributed by atoms with E-state index in [9.17, 15) is 4.79 Å². The predicted molar refractivity (Wildman–Crippen MR) is 61.0 cm³/mol. The monoisotopic (exact) mass is 212 g/mol. The van der Waals surface area contributed by atoms with Crippen molar-refractivity contribution in [1.29, 1.82) is 0 Å². The van der Waals surface area contributed by atoms with Crippen LogP contribution in [0.25, 0.3) is 0 Å². The van der Waals surface area contributed by atoms with Crippen molar-refractivity contribution in [2.75, 3.05) is 12.0 Å². The molecular weight excluding hydrogens is 196 g/mol. The lowest BCUT2D eigenvalue weighted by atomic mass is 10.4. The topological polar surface area (TPSA) is 34.9 Å². The molecule has 1 aromatic heterocycles. The van der Waals surface area contributed by atoms with Crippen molar-refractivity contribution in [2.45, 2.75) is 26.8 Å². The Balaban J connectivity index is 2.81. The highest BCUT2D eigenvalue weighted by molar-refractivity contribution is 7.98. The van der Waals surface area contributed by atoms with Gasteiger partial charge in [0.15, 0.2) is 0 Å². The molecule has 0 spiro atoms. The fraction of sp³-hybridized carbons (Fsp3) is 0.600. The van der Waals surface area contributed by atoms with Gasteiger partial charge in [-0.3, -0.25) is 9.36 Å². The summed E-state index contributed by atoms with van der Waals surface area (Å²) in [6.45, 7) is 4.51. The van der Waals surface area contributed by atoms with Gasteiger partial charge in [-0.2, -0.15) is 11.8 Å². The molecule has 0 radical (unpaired) electrons. The highest BCUT2D eigenvalue weighted by Crippen LogP contribution is 1.99. The van der Waals surface area contributed by atoms with Crippen molar-refractivity contribution in [3.05, 3.63) is 27.9 Å². The second-order valence-corrected chi connectivity index (χ2v) is 4.27. The molecule has 1 aromatic rings. The maximum absolute atomic E-state index is 11.6. The smallest absolute Gasteiger partial charge is 0.253 e. The average molecular weight is 212 g/mol. The Morgan fingerprint density at radius 3 is 2.79 bits per heavy atom. The largest absolute Gasteiger partial charge is 0.297 e. The van der Waals surface area contributed by atoms with Crippen LogP contribution >= 0.6 is 11.8 Å². The minimum absolute atomic E-state index is 0.0658. The molecule has 0 saturated heterocycles. The Bertz CT molecular complexity index is 360. The van der Waals surface area contributed by atoms with E-state index in [0.717, 1.165) is 30.2 Å². The number of aryl methyl sites for hydroxylation is 2. The maximum Gasteiger partial charge on any atom is 0.253 e. The summed E-state index contributed by atoms with van der Waals surface area (Å²) in [6.07, 6.45) is 3.09. The van der Waals surface area contributed by atoms with E-state index in [0.29, 0.717) is 0 Å². The summed E-state index contributed by atoms with van der Waals surface area (Å²) in [6, 6.07) is 1.59. The Morgan fingerprint density at radius 2 is 2.21 bits per heavy atom. The van der Waals surface area contributed by atoms with Gasteiger partial charge < -0.3 is 0 Å². The van der Waals surface area contributed by atoms with Gasteiger partial charge in [0.1, 0.15) is 5.82 Å². The van der Waals surface area contributed by atoms with Gasteiger partial charge >= 0.3 is 0 Å². The first kappa shape index (κ1) is 11.3. The van der Waals surface area contributed by atoms with Crippen LogP contribution in [0.15, 0.2) is 10.9 Å². The van der Waals surface area contributed by atoms with Crippen molar-refractivity contribution >= 4 is 11.8 Å². The fourth-order valence-electron chi connectivity index (χ4n) is 1.40. The van der Waals surface area contributed by atoms with E-state index in [2.05, 4.69) is 11.2 Å². The molecule has 0 aliphatic rings. The number of hydrogen-bond donors (Lipinski definition) is 0. The lowest BCUT2D eigenvalue weighted by molar-refractivity contribution is 0.618. The first-order valence-electron chi connectivity index (χ1n) is 4.69. The summed E-state index contributed by atoms with van der Waals surface area (Å²) < 4.78 is 1.74. The molecule has 0 bridgehead atoms. The fourth-order valence-corrected chi connectivity index (χ4v) is 1.82. The van der Waals surface area contributed by atoms with Crippen molar-refractivity contribution in [3.8, 4) is 0 Å². The van der Waals surface area contributed by atoms with Crippen molar-refractivity contribution < 1.29 is 0 Å². The third kappa shape index (κ3) is 2.87. The Morgan fingerprint density at radius 1 is 1.50 bits per heavy atom. The van der Waals surface area contributed by atoms with E-state index in [1.165, 1.54) is 0 Å². The van der Waals surface area contributed by atoms with Crippen LogP contribution in [0.3, 0.4) is 0 Å². The summed E-state index contributed by atoms with van der Waals surface area (Å²) in [7, 11) is 0. The number of rotatable bonds is 4. The maximum atomic E-state index is 11.6. The molecule has 0 unspecified atom stereocenters. The van der Waals surface area contributed by atoms with Gasteiger partial charge in [-0.25, -0.2) is 4.98 Å². The molecule has 0 fully saturated rings. The van der Waals surface area contributed by atoms with Gasteiger partial charge in [0.25, 0.3) is 5.56 Å². The van der Waals surface area contributed by atoms with E-state index < -0.39 is 0 Å². The minimum Gasteiger partial charge on any atom is -0.297 e. The van der Waals surface area contributed by atoms with E-state index in [4.69, 9.17) is 0 Å². The lowest BCUT2D eigenvalue weighted by Gasteiger charge is -2.08. The Labute approximate surface area is 88.6 Å². The third-order valence-electron chi connectivity index (χ3n) is 2.06. The molecule has 0 N–H and O–H groups in total. The molecule has 14 heavy (non-hydrogen) atoms. The highest BCUT2D eigenvalue weighted by atomic mass is 32.2. The molecule has 0 saturated carbocycles. The number of hydrogen-bond acceptors (Lipinski definition) is 3. The zero-order valence-corrected chi connectivity index (χ0v) is 9.73. The van der Waals surface area contributed by atoms with Gasteiger partial charge in [0, 0.05) is 18.3 Å². The summed E-state index contributed by atoms with van der Waals surface area (Å²) in [5.74, 6) is 1.90. The molecule has 0 aliphatic carbocycles. The van der Waals surface area contributed by atoms with Crippen molar-refractivity contribution in [1.82, 2.24) is 9.55 Å². The Kier molecular flexibility index (Phi) is 4.20. The summed E-state index contributed by atoms with van der Waals surface area (Å²) in [5.41, 5.74) is 0.865. The van der Waals surface area contributed by atoms with E-state index in [1.54, 1.807) is 22.4 Å². The van der Waals surface area contributed by atoms with Gasteiger partial charge in [-0.1, -0.05) is 0 Å². The first-order valence-corrected chi connectivity index (χ1v) is 6.08. The molecule has 78 valence electrons. The van der Waals surface area contributed by atoms with E-state index in [1.807, 2.05) is 13.8 Å². The van der Waals surface area contributed by atoms with Crippen molar-refractivity contribution in [2.24, 2.45) is 0 Å². The van der Waals surface area contributed by atoms with Gasteiger partial charge in [-0.05, 0) is 32.3 Å². The molecular formula is C10H16N2OS. The van der Waals surface area contributed by atoms with Crippen LogP contribution in [0.4, 0.5) is 0 Å². The summed E-state index contributed by atoms with van der Waals surface area (Å²) >= 11 is 1.80. The summed E-state index contributed by atoms with van der Waals surface area (Å²) in [4.78, 5) is 15.8. The molecule has 0 aromatic carbocycles. The molecule has 1 heterocycles. The SMILES string of the molecule is CSCCCn1c(C)nc(C)cc1=O. The second-order valence-electron chi connectivity index (χ2n) is 3.28. The van der Waals surface area contributed by atoms with Crippen LogP contribution in [0.2, 0.25) is 0 Å². The van der Waals surface area contributed by atoms with Crippen LogP contribution in [0, 0.1) is 13.8 Å². The quantitative estimate of drug-likeness (QED) is 0.711. The zero-order valence-electron chi connectivity index (χ0n) is 8.91. The van der Waals surface area contributed by atoms with Crippen LogP contribution in [0.1, 0.15) is 17.9 Å². The normalized spacial score (nSPS) is 10.5. The molecule has 1 rings (SSSR count). The number of thioether (sulfide) groups is 1. The van der Waals surface area contributed by atoms with E-state index >= 15 is 0 Å². The standard InChI is InChI=1S/C10H16N2OS/c1-8-7-10(13)12(9(2)11-8)5-4-6-14-3/h7H,4-6H2,1-3H3. The van der Waals surface area contributed by atoms with Gasteiger partial charge in [0.05, 0.1) is 0 Å². The molecule has 4 heteroatoms. The van der Waals surface area contributed by atoms with Crippen molar-refractivity contribution in [3.63, 3.8) is 0 Å². The minimum atomic E-state index is 0.0658. The molecule has 0 amide bonds. The third-order valence-corrected chi connectivity index (χ3v) is 2.75. The zero-order chi connectivity index (χ0) is 10.6. The van der Waals surface area contributed by atoms with Crippen LogP contribution in [-0.4, -0.2) is 21.6 Å². The molecule has 0 atom stereocenters. The number of aromatic nitrogens is 2. The number of nitrogens with zero attached hydrogens (tertiary/aromatic N) is 2.